The van der Waals surface area contributed by atoms with Crippen molar-refractivity contribution in [3.05, 3.63) is 88.7 Å². The highest BCUT2D eigenvalue weighted by molar-refractivity contribution is 7.71. The predicted octanol–water partition coefficient (Wildman–Crippen LogP) is 4.22. The number of pyridine rings is 1. The maximum absolute atomic E-state index is 12.4. The second-order valence-corrected chi connectivity index (χ2v) is 6.02. The smallest absolute Gasteiger partial charge is 0.169 e. The third-order valence-corrected chi connectivity index (χ3v) is 4.39. The van der Waals surface area contributed by atoms with Gasteiger partial charge in [0.2, 0.25) is 0 Å². The quantitative estimate of drug-likeness (QED) is 0.534. The lowest BCUT2D eigenvalue weighted by Gasteiger charge is -2.14. The predicted molar refractivity (Wildman–Crippen MR) is 98.6 cm³/mol. The van der Waals surface area contributed by atoms with E-state index in [1.54, 1.807) is 28.8 Å². The van der Waals surface area contributed by atoms with E-state index in [1.165, 1.54) is 12.1 Å². The van der Waals surface area contributed by atoms with Crippen LogP contribution in [-0.4, -0.2) is 20.6 Å². The zero-order chi connectivity index (χ0) is 17.8. The first kappa shape index (κ1) is 17.1. The van der Waals surface area contributed by atoms with Crippen molar-refractivity contribution in [1.82, 2.24) is 4.57 Å². The molecule has 0 saturated carbocycles. The molecule has 4 nitrogen and oxygen atoms in total. The number of phenolic OH excluding ortho intramolecular Hbond substituents is 1. The minimum Gasteiger partial charge on any atom is -0.507 e. The van der Waals surface area contributed by atoms with E-state index < -0.39 is 6.10 Å². The lowest BCUT2D eigenvalue weighted by Crippen LogP contribution is -2.10. The van der Waals surface area contributed by atoms with E-state index in [4.69, 9.17) is 12.2 Å². The molecule has 3 aromatic rings. The van der Waals surface area contributed by atoms with Gasteiger partial charge >= 0.3 is 0 Å². The number of rotatable bonds is 5. The molecule has 126 valence electrons. The van der Waals surface area contributed by atoms with E-state index in [1.807, 2.05) is 36.5 Å². The van der Waals surface area contributed by atoms with Gasteiger partial charge in [0.1, 0.15) is 10.4 Å². The second kappa shape index (κ2) is 7.42. The van der Waals surface area contributed by atoms with Crippen molar-refractivity contribution in [3.63, 3.8) is 0 Å². The van der Waals surface area contributed by atoms with Gasteiger partial charge in [-0.25, -0.2) is 0 Å². The fourth-order valence-corrected chi connectivity index (χ4v) is 3.03. The third-order valence-electron chi connectivity index (χ3n) is 3.95. The number of hydrogen-bond acceptors (Lipinski definition) is 4. The van der Waals surface area contributed by atoms with Crippen LogP contribution in [0.3, 0.4) is 0 Å². The summed E-state index contributed by atoms with van der Waals surface area (Å²) in [6, 6.07) is 19.3. The maximum Gasteiger partial charge on any atom is 0.169 e. The van der Waals surface area contributed by atoms with Gasteiger partial charge in [-0.2, -0.15) is 0 Å². The Balaban J connectivity index is 1.88. The van der Waals surface area contributed by atoms with Gasteiger partial charge < -0.3 is 14.8 Å². The molecule has 3 rings (SSSR count). The van der Waals surface area contributed by atoms with Crippen LogP contribution in [0.5, 0.6) is 5.75 Å². The Labute approximate surface area is 150 Å². The van der Waals surface area contributed by atoms with Crippen LogP contribution >= 0.6 is 12.2 Å². The van der Waals surface area contributed by atoms with Gasteiger partial charge in [0.25, 0.3) is 0 Å². The van der Waals surface area contributed by atoms with E-state index in [-0.39, 0.29) is 23.5 Å². The van der Waals surface area contributed by atoms with Crippen LogP contribution in [0.15, 0.2) is 72.9 Å². The van der Waals surface area contributed by atoms with Gasteiger partial charge in [0.15, 0.2) is 5.78 Å². The number of carbonyl (C=O) groups is 1. The Bertz CT molecular complexity index is 950. The van der Waals surface area contributed by atoms with Crippen molar-refractivity contribution in [3.8, 4) is 11.4 Å². The average Bonchev–Trinajstić information content (AvgIpc) is 2.63. The first-order valence-corrected chi connectivity index (χ1v) is 8.25. The molecule has 0 spiro atoms. The maximum atomic E-state index is 12.4. The standard InChI is InChI=1S/C20H17NO3S/c22-17-11-5-4-9-15(17)18(23)13-19(24)16-10-6-12-21(20(16)25)14-7-2-1-3-8-14/h1-12,19,22,24H,13H2/t19-/m1/s1. The first-order chi connectivity index (χ1) is 12.1. The first-order valence-electron chi connectivity index (χ1n) is 7.84. The lowest BCUT2D eigenvalue weighted by atomic mass is 10.0. The summed E-state index contributed by atoms with van der Waals surface area (Å²) in [5, 5.41) is 20.3. The van der Waals surface area contributed by atoms with E-state index in [0.29, 0.717) is 10.2 Å². The molecule has 25 heavy (non-hydrogen) atoms. The molecular formula is C20H17NO3S. The van der Waals surface area contributed by atoms with Crippen molar-refractivity contribution < 1.29 is 15.0 Å². The van der Waals surface area contributed by atoms with Crippen LogP contribution in [0, 0.1) is 4.64 Å². The average molecular weight is 351 g/mol. The molecule has 0 saturated heterocycles. The summed E-state index contributed by atoms with van der Waals surface area (Å²) >= 11 is 5.49. The van der Waals surface area contributed by atoms with Crippen LogP contribution in [0.1, 0.15) is 28.4 Å². The topological polar surface area (TPSA) is 62.5 Å². The Morgan fingerprint density at radius 2 is 1.68 bits per heavy atom. The van der Waals surface area contributed by atoms with E-state index in [2.05, 4.69) is 0 Å². The number of aliphatic hydroxyl groups excluding tert-OH is 1. The summed E-state index contributed by atoms with van der Waals surface area (Å²) in [5.74, 6) is -0.430. The Morgan fingerprint density at radius 1 is 1.00 bits per heavy atom. The van der Waals surface area contributed by atoms with Gasteiger partial charge in [-0.15, -0.1) is 0 Å². The Morgan fingerprint density at radius 3 is 2.40 bits per heavy atom. The van der Waals surface area contributed by atoms with E-state index >= 15 is 0 Å². The van der Waals surface area contributed by atoms with E-state index in [9.17, 15) is 15.0 Å². The second-order valence-electron chi connectivity index (χ2n) is 5.63. The number of para-hydroxylation sites is 2. The van der Waals surface area contributed by atoms with Crippen molar-refractivity contribution in [2.75, 3.05) is 0 Å². The van der Waals surface area contributed by atoms with Gasteiger partial charge in [0, 0.05) is 23.9 Å². The van der Waals surface area contributed by atoms with Gasteiger partial charge in [-0.05, 0) is 30.3 Å². The summed E-state index contributed by atoms with van der Waals surface area (Å²) in [6.07, 6.45) is 0.620. The fourth-order valence-electron chi connectivity index (χ4n) is 2.66. The minimum absolute atomic E-state index is 0.0919. The highest BCUT2D eigenvalue weighted by Crippen LogP contribution is 2.25. The molecule has 1 atom stereocenters. The summed E-state index contributed by atoms with van der Waals surface area (Å²) in [5.41, 5.74) is 1.58. The highest BCUT2D eigenvalue weighted by atomic mass is 32.1. The van der Waals surface area contributed by atoms with E-state index in [0.717, 1.165) is 5.69 Å². The van der Waals surface area contributed by atoms with Crippen molar-refractivity contribution >= 4 is 18.0 Å². The normalized spacial score (nSPS) is 11.9. The summed E-state index contributed by atoms with van der Waals surface area (Å²) in [7, 11) is 0. The van der Waals surface area contributed by atoms with Gasteiger partial charge in [-0.1, -0.05) is 48.6 Å². The van der Waals surface area contributed by atoms with Crippen LogP contribution < -0.4 is 0 Å². The van der Waals surface area contributed by atoms with Crippen LogP contribution in [-0.2, 0) is 0 Å². The number of phenols is 1. The largest absolute Gasteiger partial charge is 0.507 e. The SMILES string of the molecule is O=C(C[C@@H](O)c1cccn(-c2ccccc2)c1=S)c1ccccc1O. The number of aromatic hydroxyl groups is 1. The van der Waals surface area contributed by atoms with Crippen molar-refractivity contribution in [2.45, 2.75) is 12.5 Å². The van der Waals surface area contributed by atoms with Gasteiger partial charge in [-0.3, -0.25) is 4.79 Å². The zero-order valence-corrected chi connectivity index (χ0v) is 14.2. The number of carbonyl (C=O) groups excluding carboxylic acids is 1. The van der Waals surface area contributed by atoms with Crippen molar-refractivity contribution in [2.24, 2.45) is 0 Å². The number of aromatic nitrogens is 1. The minimum atomic E-state index is -1.05. The van der Waals surface area contributed by atoms with Crippen molar-refractivity contribution in [1.29, 1.82) is 0 Å². The third kappa shape index (κ3) is 3.68. The number of hydrogen-bond donors (Lipinski definition) is 2. The summed E-state index contributed by atoms with van der Waals surface area (Å²) in [4.78, 5) is 12.4. The fraction of sp³-hybridized carbons (Fsp3) is 0.100. The molecule has 0 aliphatic carbocycles. The highest BCUT2D eigenvalue weighted by Gasteiger charge is 2.18. The molecule has 2 aromatic carbocycles. The van der Waals surface area contributed by atoms with Gasteiger partial charge in [0.05, 0.1) is 11.7 Å². The molecule has 5 heteroatoms. The Hall–Kier alpha value is -2.76. The molecule has 1 aromatic heterocycles. The molecule has 0 bridgehead atoms. The molecule has 2 N–H and O–H groups in total. The summed E-state index contributed by atoms with van der Waals surface area (Å²) < 4.78 is 2.24. The van der Waals surface area contributed by atoms with Crippen LogP contribution in [0.2, 0.25) is 0 Å². The summed E-state index contributed by atoms with van der Waals surface area (Å²) in [6.45, 7) is 0. The number of nitrogens with zero attached hydrogens (tertiary/aromatic N) is 1. The number of benzene rings is 2. The Kier molecular flexibility index (Phi) is 5.07. The number of ketones is 1. The van der Waals surface area contributed by atoms with Crippen LogP contribution in [0.4, 0.5) is 0 Å². The number of aliphatic hydroxyl groups is 1. The molecular weight excluding hydrogens is 334 g/mol. The molecule has 1 heterocycles. The zero-order valence-electron chi connectivity index (χ0n) is 13.4. The molecule has 0 amide bonds. The monoisotopic (exact) mass is 351 g/mol. The molecule has 0 radical (unpaired) electrons. The molecule has 0 unspecified atom stereocenters. The molecule has 0 fully saturated rings. The number of Topliss-reactive ketones (excluding diaryl/α,β-unsaturated/α-hetero) is 1. The lowest BCUT2D eigenvalue weighted by molar-refractivity contribution is 0.0876. The molecule has 0 aliphatic heterocycles. The molecule has 0 aliphatic rings. The van der Waals surface area contributed by atoms with Crippen LogP contribution in [0.25, 0.3) is 5.69 Å².